The first-order chi connectivity index (χ1) is 16.7. The fourth-order valence-corrected chi connectivity index (χ4v) is 4.69. The van der Waals surface area contributed by atoms with Crippen molar-refractivity contribution in [1.82, 2.24) is 14.9 Å². The number of nitrogens with zero attached hydrogens (tertiary/aromatic N) is 2. The zero-order chi connectivity index (χ0) is 24.0. The lowest BCUT2D eigenvalue weighted by Crippen LogP contribution is -2.26. The number of fused-ring (bicyclic) bond motifs is 1. The van der Waals surface area contributed by atoms with Gasteiger partial charge < -0.3 is 9.88 Å². The summed E-state index contributed by atoms with van der Waals surface area (Å²) in [6, 6.07) is 16.0. The summed E-state index contributed by atoms with van der Waals surface area (Å²) in [6.07, 6.45) is 13.7. The van der Waals surface area contributed by atoms with E-state index >= 15 is 0 Å². The molecule has 0 spiro atoms. The molecular formula is C29H40ClN3O. The third-order valence-electron chi connectivity index (χ3n) is 6.43. The van der Waals surface area contributed by atoms with Crippen LogP contribution in [0.2, 0.25) is 5.02 Å². The quantitative estimate of drug-likeness (QED) is 0.215. The number of aryl methyl sites for hydroxylation is 2. The summed E-state index contributed by atoms with van der Waals surface area (Å²) >= 11 is 6.15. The van der Waals surface area contributed by atoms with Gasteiger partial charge in [0.1, 0.15) is 5.82 Å². The Morgan fingerprint density at radius 1 is 0.882 bits per heavy atom. The van der Waals surface area contributed by atoms with E-state index < -0.39 is 0 Å². The van der Waals surface area contributed by atoms with Crippen molar-refractivity contribution in [2.45, 2.75) is 90.5 Å². The van der Waals surface area contributed by atoms with E-state index in [0.29, 0.717) is 18.0 Å². The summed E-state index contributed by atoms with van der Waals surface area (Å²) in [7, 11) is 0. The Morgan fingerprint density at radius 2 is 1.59 bits per heavy atom. The van der Waals surface area contributed by atoms with E-state index in [2.05, 4.69) is 41.1 Å². The third kappa shape index (κ3) is 8.47. The van der Waals surface area contributed by atoms with Crippen molar-refractivity contribution in [3.05, 3.63) is 64.9 Å². The summed E-state index contributed by atoms with van der Waals surface area (Å²) in [5, 5.41) is 3.67. The molecule has 0 atom stereocenters. The van der Waals surface area contributed by atoms with Crippen LogP contribution >= 0.6 is 11.6 Å². The Morgan fingerprint density at radius 3 is 2.41 bits per heavy atom. The number of hydrogen-bond donors (Lipinski definition) is 1. The lowest BCUT2D eigenvalue weighted by Gasteiger charge is -2.10. The normalized spacial score (nSPS) is 11.2. The van der Waals surface area contributed by atoms with Crippen LogP contribution in [0.25, 0.3) is 11.0 Å². The van der Waals surface area contributed by atoms with Gasteiger partial charge in [0.15, 0.2) is 0 Å². The maximum Gasteiger partial charge on any atom is 0.224 e. The first-order valence-electron chi connectivity index (χ1n) is 13.1. The first-order valence-corrected chi connectivity index (χ1v) is 13.5. The van der Waals surface area contributed by atoms with E-state index in [9.17, 15) is 4.79 Å². The van der Waals surface area contributed by atoms with Crippen LogP contribution in [0.5, 0.6) is 0 Å². The number of hydrogen-bond acceptors (Lipinski definition) is 2. The number of nitrogens with one attached hydrogen (secondary N) is 1. The molecule has 0 saturated carbocycles. The molecular weight excluding hydrogens is 442 g/mol. The number of carbonyl (C=O) groups excluding carboxylic acids is 1. The highest BCUT2D eigenvalue weighted by molar-refractivity contribution is 6.31. The van der Waals surface area contributed by atoms with Crippen molar-refractivity contribution in [2.24, 2.45) is 0 Å². The number of rotatable bonds is 16. The van der Waals surface area contributed by atoms with Crippen molar-refractivity contribution in [1.29, 1.82) is 0 Å². The second kappa shape index (κ2) is 14.8. The first kappa shape index (κ1) is 26.3. The summed E-state index contributed by atoms with van der Waals surface area (Å²) in [4.78, 5) is 17.1. The van der Waals surface area contributed by atoms with Gasteiger partial charge in [-0.25, -0.2) is 4.98 Å². The number of para-hydroxylation sites is 2. The van der Waals surface area contributed by atoms with Gasteiger partial charge in [0.25, 0.3) is 0 Å². The summed E-state index contributed by atoms with van der Waals surface area (Å²) < 4.78 is 2.44. The minimum Gasteiger partial charge on any atom is -0.356 e. The van der Waals surface area contributed by atoms with Crippen LogP contribution in [0.15, 0.2) is 48.5 Å². The summed E-state index contributed by atoms with van der Waals surface area (Å²) in [5.41, 5.74) is 3.24. The zero-order valence-electron chi connectivity index (χ0n) is 20.7. The molecule has 0 aliphatic carbocycles. The number of amides is 1. The van der Waals surface area contributed by atoms with Gasteiger partial charge in [-0.1, -0.05) is 93.8 Å². The highest BCUT2D eigenvalue weighted by atomic mass is 35.5. The van der Waals surface area contributed by atoms with Gasteiger partial charge in [0.05, 0.1) is 17.5 Å². The fraction of sp³-hybridized carbons (Fsp3) is 0.517. The van der Waals surface area contributed by atoms with Crippen LogP contribution in [0.1, 0.15) is 82.5 Å². The molecule has 0 aliphatic heterocycles. The SMILES string of the molecule is CCCCCCCCCn1c(CCCCCNC(=O)Cc2ccccc2Cl)nc2ccccc21. The molecule has 0 bridgehead atoms. The predicted octanol–water partition coefficient (Wildman–Crippen LogP) is 7.51. The van der Waals surface area contributed by atoms with E-state index in [0.717, 1.165) is 43.3 Å². The number of benzene rings is 2. The molecule has 0 fully saturated rings. The van der Waals surface area contributed by atoms with Gasteiger partial charge in [-0.05, 0) is 43.0 Å². The topological polar surface area (TPSA) is 46.9 Å². The van der Waals surface area contributed by atoms with Crippen molar-refractivity contribution in [3.8, 4) is 0 Å². The Balaban J connectivity index is 1.39. The number of imidazole rings is 1. The average Bonchev–Trinajstić information content (AvgIpc) is 3.19. The van der Waals surface area contributed by atoms with Gasteiger partial charge in [-0.2, -0.15) is 0 Å². The predicted molar refractivity (Wildman–Crippen MR) is 143 cm³/mol. The standard InChI is InChI=1S/C29H40ClN3O/c1-2-3-4-5-6-7-15-22-33-27-19-13-12-18-26(27)32-28(33)20-9-8-14-21-31-29(34)23-24-16-10-11-17-25(24)30/h10-13,16-19H,2-9,14-15,20-23H2,1H3,(H,31,34). The largest absolute Gasteiger partial charge is 0.356 e. The molecule has 1 aromatic heterocycles. The van der Waals surface area contributed by atoms with Crippen molar-refractivity contribution < 1.29 is 4.79 Å². The molecule has 3 aromatic rings. The average molecular weight is 482 g/mol. The van der Waals surface area contributed by atoms with Crippen LogP contribution in [0.3, 0.4) is 0 Å². The van der Waals surface area contributed by atoms with Gasteiger partial charge in [-0.3, -0.25) is 4.79 Å². The van der Waals surface area contributed by atoms with Gasteiger partial charge in [0.2, 0.25) is 5.91 Å². The summed E-state index contributed by atoms with van der Waals surface area (Å²) in [6.45, 7) is 4.03. The van der Waals surface area contributed by atoms with Crippen LogP contribution in [-0.2, 0) is 24.2 Å². The number of carbonyl (C=O) groups is 1. The fourth-order valence-electron chi connectivity index (χ4n) is 4.48. The summed E-state index contributed by atoms with van der Waals surface area (Å²) in [5.74, 6) is 1.24. The van der Waals surface area contributed by atoms with E-state index in [4.69, 9.17) is 16.6 Å². The van der Waals surface area contributed by atoms with E-state index in [-0.39, 0.29) is 5.91 Å². The van der Waals surface area contributed by atoms with Crippen LogP contribution in [0, 0.1) is 0 Å². The second-order valence-corrected chi connectivity index (χ2v) is 9.63. The van der Waals surface area contributed by atoms with Crippen LogP contribution < -0.4 is 5.32 Å². The Bertz CT molecular complexity index is 1010. The molecule has 0 radical (unpaired) electrons. The molecule has 184 valence electrons. The molecule has 0 aliphatic rings. The maximum atomic E-state index is 12.2. The monoisotopic (exact) mass is 481 g/mol. The number of aromatic nitrogens is 2. The molecule has 3 rings (SSSR count). The highest BCUT2D eigenvalue weighted by Crippen LogP contribution is 2.20. The van der Waals surface area contributed by atoms with Gasteiger partial charge >= 0.3 is 0 Å². The Kier molecular flexibility index (Phi) is 11.5. The molecule has 1 heterocycles. The molecule has 1 amide bonds. The van der Waals surface area contributed by atoms with E-state index in [1.807, 2.05) is 24.3 Å². The molecule has 34 heavy (non-hydrogen) atoms. The highest BCUT2D eigenvalue weighted by Gasteiger charge is 2.10. The van der Waals surface area contributed by atoms with Crippen molar-refractivity contribution >= 4 is 28.5 Å². The van der Waals surface area contributed by atoms with Crippen LogP contribution in [0.4, 0.5) is 0 Å². The number of halogens is 1. The lowest BCUT2D eigenvalue weighted by atomic mass is 10.1. The Hall–Kier alpha value is -2.33. The lowest BCUT2D eigenvalue weighted by molar-refractivity contribution is -0.120. The molecule has 1 N–H and O–H groups in total. The number of unbranched alkanes of at least 4 members (excludes halogenated alkanes) is 8. The molecule has 0 unspecified atom stereocenters. The van der Waals surface area contributed by atoms with E-state index in [1.165, 1.54) is 56.3 Å². The zero-order valence-corrected chi connectivity index (χ0v) is 21.5. The van der Waals surface area contributed by atoms with Crippen molar-refractivity contribution in [3.63, 3.8) is 0 Å². The Labute approximate surface area is 210 Å². The molecule has 0 saturated heterocycles. The molecule has 2 aromatic carbocycles. The minimum atomic E-state index is 0.0320. The second-order valence-electron chi connectivity index (χ2n) is 9.22. The third-order valence-corrected chi connectivity index (χ3v) is 6.80. The van der Waals surface area contributed by atoms with E-state index in [1.54, 1.807) is 0 Å². The van der Waals surface area contributed by atoms with Crippen LogP contribution in [-0.4, -0.2) is 22.0 Å². The molecule has 4 nitrogen and oxygen atoms in total. The smallest absolute Gasteiger partial charge is 0.224 e. The molecule has 5 heteroatoms. The van der Waals surface area contributed by atoms with Gasteiger partial charge in [-0.15, -0.1) is 0 Å². The van der Waals surface area contributed by atoms with Gasteiger partial charge in [0, 0.05) is 24.5 Å². The van der Waals surface area contributed by atoms with Crippen molar-refractivity contribution in [2.75, 3.05) is 6.54 Å². The maximum absolute atomic E-state index is 12.2. The minimum absolute atomic E-state index is 0.0320.